The van der Waals surface area contributed by atoms with Gasteiger partial charge in [-0.1, -0.05) is 84.9 Å². The zero-order valence-electron chi connectivity index (χ0n) is 33.9. The summed E-state index contributed by atoms with van der Waals surface area (Å²) in [5.41, 5.74) is 9.14. The normalized spacial score (nSPS) is 11.7. The van der Waals surface area contributed by atoms with Gasteiger partial charge in [-0.15, -0.1) is 0 Å². The van der Waals surface area contributed by atoms with Gasteiger partial charge in [-0.25, -0.2) is 31.8 Å². The standard InChI is InChI=1S/C23H22N4O2S.C23H21N3O3S.3H2/c1-15(2)30(28,29)19-11-9-18(10-12-19)22-14-24-16(3)23(25-22)21-13-20(26-27-21)17-7-5-4-6-8-17;1-15(2)30(27,28)19-11-9-17(10-12-19)20-13-24-16(3)22(26-20)23-25-14-21(29-23)18-7-5-4-6-8-18;;;/h4-15H,1-3H3,(H,26,27);4-15H,1-3H3;3*1H. The van der Waals surface area contributed by atoms with E-state index < -0.39 is 30.2 Å². The highest BCUT2D eigenvalue weighted by atomic mass is 32.2. The third-order valence-corrected chi connectivity index (χ3v) is 14.1. The number of H-pyrrole nitrogens is 1. The molecule has 1 N–H and O–H groups in total. The summed E-state index contributed by atoms with van der Waals surface area (Å²) in [5.74, 6) is 1.04. The van der Waals surface area contributed by atoms with Gasteiger partial charge in [0.1, 0.15) is 11.4 Å². The van der Waals surface area contributed by atoms with E-state index in [0.717, 1.165) is 39.3 Å². The molecule has 0 aliphatic rings. The van der Waals surface area contributed by atoms with Crippen LogP contribution in [-0.4, -0.2) is 62.5 Å². The van der Waals surface area contributed by atoms with Crippen molar-refractivity contribution in [3.63, 3.8) is 0 Å². The molecule has 310 valence electrons. The number of nitrogens with zero attached hydrogens (tertiary/aromatic N) is 6. The summed E-state index contributed by atoms with van der Waals surface area (Å²) in [7, 11) is -6.62. The molecular formula is C46H49N7O5S2. The SMILES string of the molecule is Cc1ncc(-c2ccc(S(=O)(=O)C(C)C)cc2)nc1-c1cc(-c2ccccc2)n[nH]1.Cc1ncc(-c2ccc(S(=O)(=O)C(C)C)cc2)nc1-c1ncc(-c2ccccc2)o1.[HH].[HH].[HH]. The van der Waals surface area contributed by atoms with Gasteiger partial charge in [-0.3, -0.25) is 15.1 Å². The van der Waals surface area contributed by atoms with Crippen LogP contribution in [0.4, 0.5) is 0 Å². The molecule has 0 aliphatic carbocycles. The number of oxazole rings is 1. The van der Waals surface area contributed by atoms with Crippen LogP contribution in [-0.2, 0) is 19.7 Å². The molecule has 60 heavy (non-hydrogen) atoms. The van der Waals surface area contributed by atoms with E-state index in [1.807, 2.05) is 80.6 Å². The Morgan fingerprint density at radius 2 is 0.983 bits per heavy atom. The first-order valence-electron chi connectivity index (χ1n) is 19.2. The minimum Gasteiger partial charge on any atom is -0.435 e. The molecule has 0 fully saturated rings. The quantitative estimate of drug-likeness (QED) is 0.139. The summed E-state index contributed by atoms with van der Waals surface area (Å²) in [6, 6.07) is 35.0. The topological polar surface area (TPSA) is 175 Å². The summed E-state index contributed by atoms with van der Waals surface area (Å²) in [6.07, 6.45) is 5.02. The largest absolute Gasteiger partial charge is 0.435 e. The Labute approximate surface area is 354 Å². The van der Waals surface area contributed by atoms with E-state index in [1.54, 1.807) is 94.8 Å². The van der Waals surface area contributed by atoms with Gasteiger partial charge in [0, 0.05) is 26.5 Å². The van der Waals surface area contributed by atoms with Crippen LogP contribution in [0.15, 0.2) is 148 Å². The van der Waals surface area contributed by atoms with Crippen molar-refractivity contribution in [3.05, 3.63) is 145 Å². The third kappa shape index (κ3) is 8.84. The van der Waals surface area contributed by atoms with Crippen LogP contribution in [0.5, 0.6) is 0 Å². The number of aromatic amines is 1. The van der Waals surface area contributed by atoms with E-state index in [2.05, 4.69) is 30.1 Å². The fraction of sp³-hybridized carbons (Fsp3) is 0.174. The molecule has 8 rings (SSSR count). The predicted octanol–water partition coefficient (Wildman–Crippen LogP) is 10.4. The van der Waals surface area contributed by atoms with Crippen molar-refractivity contribution in [2.24, 2.45) is 0 Å². The molecule has 0 spiro atoms. The Morgan fingerprint density at radius 3 is 1.48 bits per heavy atom. The molecule has 4 heterocycles. The number of benzene rings is 4. The van der Waals surface area contributed by atoms with E-state index in [1.165, 1.54) is 0 Å². The number of sulfone groups is 2. The zero-order valence-corrected chi connectivity index (χ0v) is 35.5. The van der Waals surface area contributed by atoms with Gasteiger partial charge in [0.2, 0.25) is 5.89 Å². The predicted molar refractivity (Wildman–Crippen MR) is 239 cm³/mol. The maximum atomic E-state index is 12.3. The lowest BCUT2D eigenvalue weighted by Gasteiger charge is -2.09. The second kappa shape index (κ2) is 17.3. The number of rotatable bonds is 10. The van der Waals surface area contributed by atoms with E-state index in [0.29, 0.717) is 49.9 Å². The molecule has 0 bridgehead atoms. The first kappa shape index (κ1) is 41.5. The number of aromatic nitrogens is 7. The minimum absolute atomic E-state index is 0. The van der Waals surface area contributed by atoms with Crippen LogP contribution in [0.2, 0.25) is 0 Å². The highest BCUT2D eigenvalue weighted by Crippen LogP contribution is 2.30. The Morgan fingerprint density at radius 1 is 0.533 bits per heavy atom. The van der Waals surface area contributed by atoms with Gasteiger partial charge in [0.25, 0.3) is 0 Å². The Bertz CT molecular complexity index is 2780. The Hall–Kier alpha value is -6.64. The molecule has 0 radical (unpaired) electrons. The van der Waals surface area contributed by atoms with Crippen LogP contribution in [0.3, 0.4) is 0 Å². The number of hydrogen-bond acceptors (Lipinski definition) is 11. The molecule has 8 aromatic rings. The third-order valence-electron chi connectivity index (χ3n) is 9.78. The highest BCUT2D eigenvalue weighted by Gasteiger charge is 2.21. The van der Waals surface area contributed by atoms with E-state index in [4.69, 9.17) is 9.40 Å². The average molecular weight is 844 g/mol. The van der Waals surface area contributed by atoms with Gasteiger partial charge >= 0.3 is 0 Å². The Kier molecular flexibility index (Phi) is 12.0. The van der Waals surface area contributed by atoms with Crippen molar-refractivity contribution >= 4 is 19.7 Å². The molecule has 12 nitrogen and oxygen atoms in total. The smallest absolute Gasteiger partial charge is 0.247 e. The molecule has 0 unspecified atom stereocenters. The van der Waals surface area contributed by atoms with Gasteiger partial charge in [0.05, 0.1) is 73.0 Å². The van der Waals surface area contributed by atoms with Gasteiger partial charge in [0.15, 0.2) is 25.4 Å². The molecular weight excluding hydrogens is 795 g/mol. The maximum Gasteiger partial charge on any atom is 0.247 e. The van der Waals surface area contributed by atoms with Gasteiger partial charge in [-0.2, -0.15) is 5.10 Å². The van der Waals surface area contributed by atoms with E-state index in [9.17, 15) is 16.8 Å². The first-order valence-corrected chi connectivity index (χ1v) is 22.3. The second-order valence-electron chi connectivity index (χ2n) is 14.5. The molecule has 0 saturated heterocycles. The summed E-state index contributed by atoms with van der Waals surface area (Å²) >= 11 is 0. The molecule has 14 heteroatoms. The lowest BCUT2D eigenvalue weighted by Crippen LogP contribution is -2.13. The average Bonchev–Trinajstić information content (AvgIpc) is 3.97. The van der Waals surface area contributed by atoms with Crippen LogP contribution < -0.4 is 0 Å². The summed E-state index contributed by atoms with van der Waals surface area (Å²) < 4.78 is 55.3. The number of aryl methyl sites for hydroxylation is 2. The number of nitrogens with one attached hydrogen (secondary N) is 1. The fourth-order valence-corrected chi connectivity index (χ4v) is 8.25. The van der Waals surface area contributed by atoms with Crippen molar-refractivity contribution in [2.45, 2.75) is 61.8 Å². The Balaban J connectivity index is 0.000000264. The van der Waals surface area contributed by atoms with Gasteiger partial charge < -0.3 is 4.42 Å². The first-order chi connectivity index (χ1) is 28.7. The fourth-order valence-electron chi connectivity index (χ4n) is 6.13. The van der Waals surface area contributed by atoms with Crippen molar-refractivity contribution in [1.29, 1.82) is 0 Å². The summed E-state index contributed by atoms with van der Waals surface area (Å²) in [6.45, 7) is 10.4. The van der Waals surface area contributed by atoms with Crippen molar-refractivity contribution in [1.82, 2.24) is 35.1 Å². The highest BCUT2D eigenvalue weighted by molar-refractivity contribution is 7.92. The molecule has 4 aromatic carbocycles. The van der Waals surface area contributed by atoms with Crippen LogP contribution in [0, 0.1) is 13.8 Å². The maximum absolute atomic E-state index is 12.3. The van der Waals surface area contributed by atoms with Crippen molar-refractivity contribution < 1.29 is 25.5 Å². The molecule has 4 aromatic heterocycles. The van der Waals surface area contributed by atoms with Crippen molar-refractivity contribution in [2.75, 3.05) is 0 Å². The molecule has 0 saturated carbocycles. The van der Waals surface area contributed by atoms with Crippen LogP contribution in [0.1, 0.15) is 43.4 Å². The minimum atomic E-state index is -3.32. The van der Waals surface area contributed by atoms with Crippen LogP contribution in [0.25, 0.3) is 68.1 Å². The summed E-state index contributed by atoms with van der Waals surface area (Å²) in [4.78, 5) is 23.3. The molecule has 0 atom stereocenters. The molecule has 0 aliphatic heterocycles. The van der Waals surface area contributed by atoms with Crippen molar-refractivity contribution in [3.8, 4) is 68.1 Å². The summed E-state index contributed by atoms with van der Waals surface area (Å²) in [5, 5.41) is 6.51. The monoisotopic (exact) mass is 843 g/mol. The van der Waals surface area contributed by atoms with Gasteiger partial charge in [-0.05, 0) is 71.9 Å². The van der Waals surface area contributed by atoms with E-state index in [-0.39, 0.29) is 4.28 Å². The van der Waals surface area contributed by atoms with E-state index >= 15 is 0 Å². The molecule has 0 amide bonds. The lowest BCUT2D eigenvalue weighted by molar-refractivity contribution is 0.585. The zero-order chi connectivity index (χ0) is 42.6. The lowest BCUT2D eigenvalue weighted by atomic mass is 10.1. The second-order valence-corrected chi connectivity index (χ2v) is 19.6. The number of hydrogen-bond donors (Lipinski definition) is 1. The van der Waals surface area contributed by atoms with Crippen LogP contribution >= 0.6 is 0 Å².